The van der Waals surface area contributed by atoms with Crippen molar-refractivity contribution in [3.8, 4) is 0 Å². The fraction of sp³-hybridized carbons (Fsp3) is 0.455. The fourth-order valence-electron chi connectivity index (χ4n) is 3.43. The summed E-state index contributed by atoms with van der Waals surface area (Å²) in [6.07, 6.45) is 0. The molecule has 2 aromatic rings. The Morgan fingerprint density at radius 1 is 0.704 bits per heavy atom. The standard InChI is InChI=1S/C22H30N2O2S/c1-17(2)19-5-9-21(10-6-19)23-13-15-24(16-14-23)27(25,26)22-11-7-20(8-12-22)18(3)4/h5-12,17-18H,13-16H2,1-4H3. The lowest BCUT2D eigenvalue weighted by Gasteiger charge is -2.35. The Labute approximate surface area is 163 Å². The van der Waals surface area contributed by atoms with E-state index in [4.69, 9.17) is 0 Å². The molecule has 0 aliphatic carbocycles. The Kier molecular flexibility index (Phi) is 5.92. The highest BCUT2D eigenvalue weighted by Crippen LogP contribution is 2.24. The second kappa shape index (κ2) is 8.03. The van der Waals surface area contributed by atoms with Gasteiger partial charge in [0.1, 0.15) is 0 Å². The highest BCUT2D eigenvalue weighted by atomic mass is 32.2. The second-order valence-electron chi connectivity index (χ2n) is 7.86. The van der Waals surface area contributed by atoms with E-state index < -0.39 is 10.0 Å². The van der Waals surface area contributed by atoms with Gasteiger partial charge in [0.15, 0.2) is 0 Å². The zero-order valence-electron chi connectivity index (χ0n) is 16.7. The van der Waals surface area contributed by atoms with Gasteiger partial charge in [0, 0.05) is 31.9 Å². The van der Waals surface area contributed by atoms with Crippen molar-refractivity contribution in [3.05, 3.63) is 59.7 Å². The fourth-order valence-corrected chi connectivity index (χ4v) is 4.85. The molecule has 2 aromatic carbocycles. The van der Waals surface area contributed by atoms with Gasteiger partial charge in [-0.1, -0.05) is 52.0 Å². The Morgan fingerprint density at radius 2 is 1.15 bits per heavy atom. The van der Waals surface area contributed by atoms with Crippen molar-refractivity contribution in [2.75, 3.05) is 31.1 Å². The van der Waals surface area contributed by atoms with E-state index >= 15 is 0 Å². The molecule has 0 amide bonds. The summed E-state index contributed by atoms with van der Waals surface area (Å²) in [6.45, 7) is 11.0. The second-order valence-corrected chi connectivity index (χ2v) is 9.80. The Balaban J connectivity index is 1.67. The van der Waals surface area contributed by atoms with Crippen molar-refractivity contribution >= 4 is 15.7 Å². The normalized spacial score (nSPS) is 16.3. The molecule has 4 nitrogen and oxygen atoms in total. The van der Waals surface area contributed by atoms with Crippen molar-refractivity contribution in [3.63, 3.8) is 0 Å². The Bertz CT molecular complexity index is 848. The smallest absolute Gasteiger partial charge is 0.243 e. The third kappa shape index (κ3) is 4.36. The van der Waals surface area contributed by atoms with Crippen molar-refractivity contribution in [2.45, 2.75) is 44.4 Å². The number of piperazine rings is 1. The average molecular weight is 387 g/mol. The number of sulfonamides is 1. The van der Waals surface area contributed by atoms with E-state index in [2.05, 4.69) is 56.9 Å². The van der Waals surface area contributed by atoms with Crippen LogP contribution in [0, 0.1) is 0 Å². The summed E-state index contributed by atoms with van der Waals surface area (Å²) in [5.74, 6) is 0.913. The van der Waals surface area contributed by atoms with Crippen LogP contribution in [0.1, 0.15) is 50.7 Å². The van der Waals surface area contributed by atoms with Crippen LogP contribution in [0.15, 0.2) is 53.4 Å². The van der Waals surface area contributed by atoms with Crippen LogP contribution in [0.4, 0.5) is 5.69 Å². The molecular formula is C22H30N2O2S. The molecule has 1 aliphatic rings. The van der Waals surface area contributed by atoms with Gasteiger partial charge in [-0.25, -0.2) is 8.42 Å². The first-order chi connectivity index (χ1) is 12.8. The molecule has 0 N–H and O–H groups in total. The van der Waals surface area contributed by atoms with E-state index in [9.17, 15) is 8.42 Å². The maximum absolute atomic E-state index is 12.9. The summed E-state index contributed by atoms with van der Waals surface area (Å²) in [5, 5.41) is 0. The molecule has 0 bridgehead atoms. The van der Waals surface area contributed by atoms with Gasteiger partial charge >= 0.3 is 0 Å². The quantitative estimate of drug-likeness (QED) is 0.762. The summed E-state index contributed by atoms with van der Waals surface area (Å²) in [6, 6.07) is 15.9. The number of benzene rings is 2. The molecule has 27 heavy (non-hydrogen) atoms. The monoisotopic (exact) mass is 386 g/mol. The van der Waals surface area contributed by atoms with Gasteiger partial charge in [-0.3, -0.25) is 0 Å². The summed E-state index contributed by atoms with van der Waals surface area (Å²) in [5.41, 5.74) is 3.64. The van der Waals surface area contributed by atoms with E-state index in [1.165, 1.54) is 5.56 Å². The van der Waals surface area contributed by atoms with Crippen LogP contribution in [-0.2, 0) is 10.0 Å². The van der Waals surface area contributed by atoms with Crippen LogP contribution in [0.5, 0.6) is 0 Å². The van der Waals surface area contributed by atoms with Crippen molar-refractivity contribution in [1.29, 1.82) is 0 Å². The first kappa shape index (κ1) is 19.9. The maximum Gasteiger partial charge on any atom is 0.243 e. The van der Waals surface area contributed by atoms with Crippen LogP contribution in [0.2, 0.25) is 0 Å². The molecule has 0 saturated carbocycles. The van der Waals surface area contributed by atoms with Crippen molar-refractivity contribution in [1.82, 2.24) is 4.31 Å². The highest BCUT2D eigenvalue weighted by molar-refractivity contribution is 7.89. The van der Waals surface area contributed by atoms with Crippen LogP contribution in [0.25, 0.3) is 0 Å². The predicted octanol–water partition coefficient (Wildman–Crippen LogP) is 4.44. The number of hydrogen-bond acceptors (Lipinski definition) is 3. The zero-order valence-corrected chi connectivity index (χ0v) is 17.5. The van der Waals surface area contributed by atoms with Crippen LogP contribution >= 0.6 is 0 Å². The molecular weight excluding hydrogens is 356 g/mol. The predicted molar refractivity (Wildman–Crippen MR) is 112 cm³/mol. The number of anilines is 1. The average Bonchev–Trinajstić information content (AvgIpc) is 2.68. The topological polar surface area (TPSA) is 40.6 Å². The van der Waals surface area contributed by atoms with Crippen LogP contribution < -0.4 is 4.90 Å². The first-order valence-corrected chi connectivity index (χ1v) is 11.2. The first-order valence-electron chi connectivity index (χ1n) is 9.74. The maximum atomic E-state index is 12.9. The third-order valence-corrected chi connectivity index (χ3v) is 7.26. The molecule has 1 saturated heterocycles. The molecule has 5 heteroatoms. The van der Waals surface area contributed by atoms with Crippen LogP contribution in [-0.4, -0.2) is 38.9 Å². The van der Waals surface area contributed by atoms with E-state index in [1.807, 2.05) is 12.1 Å². The summed E-state index contributed by atoms with van der Waals surface area (Å²) in [7, 11) is -3.42. The van der Waals surface area contributed by atoms with Crippen LogP contribution in [0.3, 0.4) is 0 Å². The summed E-state index contributed by atoms with van der Waals surface area (Å²) in [4.78, 5) is 2.65. The lowest BCUT2D eigenvalue weighted by atomic mass is 10.0. The number of hydrogen-bond donors (Lipinski definition) is 0. The largest absolute Gasteiger partial charge is 0.369 e. The van der Waals surface area contributed by atoms with Crippen molar-refractivity contribution < 1.29 is 8.42 Å². The minimum absolute atomic E-state index is 0.390. The molecule has 146 valence electrons. The van der Waals surface area contributed by atoms with E-state index in [-0.39, 0.29) is 0 Å². The van der Waals surface area contributed by atoms with E-state index in [0.717, 1.165) is 11.3 Å². The lowest BCUT2D eigenvalue weighted by molar-refractivity contribution is 0.385. The van der Waals surface area contributed by atoms with Gasteiger partial charge in [0.25, 0.3) is 0 Å². The minimum Gasteiger partial charge on any atom is -0.369 e. The molecule has 0 unspecified atom stereocenters. The van der Waals surface area contributed by atoms with Gasteiger partial charge in [-0.15, -0.1) is 0 Å². The molecule has 3 rings (SSSR count). The summed E-state index contributed by atoms with van der Waals surface area (Å²) < 4.78 is 27.5. The third-order valence-electron chi connectivity index (χ3n) is 5.35. The Hall–Kier alpha value is -1.85. The number of nitrogens with zero attached hydrogens (tertiary/aromatic N) is 2. The number of rotatable bonds is 5. The van der Waals surface area contributed by atoms with Gasteiger partial charge in [0.05, 0.1) is 4.90 Å². The molecule has 0 atom stereocenters. The van der Waals surface area contributed by atoms with E-state index in [1.54, 1.807) is 16.4 Å². The van der Waals surface area contributed by atoms with Gasteiger partial charge in [-0.2, -0.15) is 4.31 Å². The SMILES string of the molecule is CC(C)c1ccc(N2CCN(S(=O)(=O)c3ccc(C(C)C)cc3)CC2)cc1. The molecule has 1 heterocycles. The summed E-state index contributed by atoms with van der Waals surface area (Å²) >= 11 is 0. The zero-order chi connectivity index (χ0) is 19.6. The molecule has 0 radical (unpaired) electrons. The molecule has 0 aromatic heterocycles. The highest BCUT2D eigenvalue weighted by Gasteiger charge is 2.28. The van der Waals surface area contributed by atoms with Crippen molar-refractivity contribution in [2.24, 2.45) is 0 Å². The van der Waals surface area contributed by atoms with Gasteiger partial charge in [-0.05, 0) is 47.2 Å². The van der Waals surface area contributed by atoms with E-state index in [0.29, 0.717) is 42.9 Å². The Morgan fingerprint density at radius 3 is 1.59 bits per heavy atom. The lowest BCUT2D eigenvalue weighted by Crippen LogP contribution is -2.48. The minimum atomic E-state index is -3.42. The molecule has 0 spiro atoms. The molecule has 1 aliphatic heterocycles. The van der Waals surface area contributed by atoms with Gasteiger partial charge in [0.2, 0.25) is 10.0 Å². The van der Waals surface area contributed by atoms with Gasteiger partial charge < -0.3 is 4.90 Å². The molecule has 1 fully saturated rings.